The van der Waals surface area contributed by atoms with Crippen molar-refractivity contribution < 1.29 is 9.21 Å². The number of rotatable bonds is 4. The molecule has 0 aliphatic rings. The van der Waals surface area contributed by atoms with Crippen molar-refractivity contribution in [1.82, 2.24) is 4.98 Å². The Bertz CT molecular complexity index is 1090. The Morgan fingerprint density at radius 3 is 2.44 bits per heavy atom. The maximum absolute atomic E-state index is 12.4. The number of carbonyl (C=O) groups is 1. The van der Waals surface area contributed by atoms with Gasteiger partial charge in [0, 0.05) is 16.8 Å². The molecule has 4 heteroatoms. The van der Waals surface area contributed by atoms with Crippen molar-refractivity contribution in [2.75, 3.05) is 5.32 Å². The van der Waals surface area contributed by atoms with Crippen LogP contribution < -0.4 is 5.32 Å². The van der Waals surface area contributed by atoms with Crippen LogP contribution in [0, 0.1) is 6.92 Å². The van der Waals surface area contributed by atoms with Gasteiger partial charge in [0.15, 0.2) is 5.58 Å². The van der Waals surface area contributed by atoms with Gasteiger partial charge in [-0.25, -0.2) is 4.98 Å². The molecule has 0 radical (unpaired) electrons. The predicted molar refractivity (Wildman–Crippen MR) is 108 cm³/mol. The molecule has 0 bridgehead atoms. The number of hydrogen-bond donors (Lipinski definition) is 1. The van der Waals surface area contributed by atoms with Crippen LogP contribution in [-0.2, 0) is 6.42 Å². The molecule has 3 aromatic carbocycles. The van der Waals surface area contributed by atoms with Crippen LogP contribution in [0.25, 0.3) is 22.6 Å². The lowest BCUT2D eigenvalue weighted by Gasteiger charge is -2.06. The summed E-state index contributed by atoms with van der Waals surface area (Å²) in [7, 11) is 0. The van der Waals surface area contributed by atoms with Gasteiger partial charge in [-0.3, -0.25) is 4.79 Å². The van der Waals surface area contributed by atoms with E-state index in [4.69, 9.17) is 4.42 Å². The molecule has 4 rings (SSSR count). The summed E-state index contributed by atoms with van der Waals surface area (Å²) < 4.78 is 5.82. The predicted octanol–water partition coefficient (Wildman–Crippen LogP) is 5.62. The minimum absolute atomic E-state index is 0.122. The van der Waals surface area contributed by atoms with Gasteiger partial charge in [0.05, 0.1) is 0 Å². The summed E-state index contributed by atoms with van der Waals surface area (Å²) in [6, 6.07) is 21.1. The number of aromatic nitrogens is 1. The SMILES string of the molecule is CCc1ccc(C(=O)Nc2ccc(-c3nc4cc(C)ccc4o3)cc2)cc1. The highest BCUT2D eigenvalue weighted by molar-refractivity contribution is 6.04. The fourth-order valence-electron chi connectivity index (χ4n) is 2.95. The van der Waals surface area contributed by atoms with Gasteiger partial charge in [-0.1, -0.05) is 25.1 Å². The number of carbonyl (C=O) groups excluding carboxylic acids is 1. The molecule has 0 aliphatic carbocycles. The third-order valence-electron chi connectivity index (χ3n) is 4.56. The van der Waals surface area contributed by atoms with Crippen LogP contribution in [0.1, 0.15) is 28.4 Å². The summed E-state index contributed by atoms with van der Waals surface area (Å²) in [6.45, 7) is 4.12. The van der Waals surface area contributed by atoms with E-state index in [9.17, 15) is 4.79 Å². The van der Waals surface area contributed by atoms with Crippen molar-refractivity contribution >= 4 is 22.7 Å². The zero-order chi connectivity index (χ0) is 18.8. The molecule has 0 saturated heterocycles. The summed E-state index contributed by atoms with van der Waals surface area (Å²) in [4.78, 5) is 16.9. The topological polar surface area (TPSA) is 55.1 Å². The molecule has 0 atom stereocenters. The minimum atomic E-state index is -0.122. The highest BCUT2D eigenvalue weighted by Crippen LogP contribution is 2.26. The van der Waals surface area contributed by atoms with E-state index in [0.717, 1.165) is 34.3 Å². The van der Waals surface area contributed by atoms with Gasteiger partial charge in [-0.05, 0) is 73.0 Å². The Labute approximate surface area is 157 Å². The minimum Gasteiger partial charge on any atom is -0.436 e. The number of hydrogen-bond acceptors (Lipinski definition) is 3. The molecular formula is C23H20N2O2. The Balaban J connectivity index is 1.51. The highest BCUT2D eigenvalue weighted by Gasteiger charge is 2.10. The molecule has 1 heterocycles. The fourth-order valence-corrected chi connectivity index (χ4v) is 2.95. The summed E-state index contributed by atoms with van der Waals surface area (Å²) in [5.74, 6) is 0.450. The molecule has 1 amide bonds. The van der Waals surface area contributed by atoms with Crippen molar-refractivity contribution in [2.24, 2.45) is 0 Å². The van der Waals surface area contributed by atoms with E-state index < -0.39 is 0 Å². The number of amides is 1. The summed E-state index contributed by atoms with van der Waals surface area (Å²) in [6.07, 6.45) is 0.957. The molecule has 27 heavy (non-hydrogen) atoms. The number of fused-ring (bicyclic) bond motifs is 1. The number of anilines is 1. The average Bonchev–Trinajstić information content (AvgIpc) is 3.11. The van der Waals surface area contributed by atoms with Gasteiger partial charge in [0.1, 0.15) is 5.52 Å². The molecule has 1 N–H and O–H groups in total. The fraction of sp³-hybridized carbons (Fsp3) is 0.130. The molecule has 0 unspecified atom stereocenters. The van der Waals surface area contributed by atoms with Gasteiger partial charge in [-0.2, -0.15) is 0 Å². The number of nitrogens with zero attached hydrogens (tertiary/aromatic N) is 1. The second kappa shape index (κ2) is 7.08. The second-order valence-corrected chi connectivity index (χ2v) is 6.57. The van der Waals surface area contributed by atoms with Crippen molar-refractivity contribution in [3.63, 3.8) is 0 Å². The number of benzene rings is 3. The first-order chi connectivity index (χ1) is 13.1. The van der Waals surface area contributed by atoms with Gasteiger partial charge >= 0.3 is 0 Å². The zero-order valence-corrected chi connectivity index (χ0v) is 15.3. The standard InChI is InChI=1S/C23H20N2O2/c1-3-16-5-7-17(8-6-16)22(26)24-19-11-9-18(10-12-19)23-25-20-14-15(2)4-13-21(20)27-23/h4-14H,3H2,1-2H3,(H,24,26). The summed E-state index contributed by atoms with van der Waals surface area (Å²) >= 11 is 0. The van der Waals surface area contributed by atoms with Crippen LogP contribution in [0.15, 0.2) is 71.1 Å². The lowest BCUT2D eigenvalue weighted by Crippen LogP contribution is -2.11. The van der Waals surface area contributed by atoms with Crippen LogP contribution in [0.5, 0.6) is 0 Å². The van der Waals surface area contributed by atoms with Gasteiger partial charge in [0.2, 0.25) is 5.89 Å². The normalized spacial score (nSPS) is 10.9. The van der Waals surface area contributed by atoms with Crippen LogP contribution in [0.3, 0.4) is 0 Å². The molecule has 0 aliphatic heterocycles. The Morgan fingerprint density at radius 2 is 1.74 bits per heavy atom. The van der Waals surface area contributed by atoms with E-state index in [-0.39, 0.29) is 5.91 Å². The third-order valence-corrected chi connectivity index (χ3v) is 4.56. The monoisotopic (exact) mass is 356 g/mol. The summed E-state index contributed by atoms with van der Waals surface area (Å²) in [5.41, 5.74) is 6.22. The smallest absolute Gasteiger partial charge is 0.255 e. The Kier molecular flexibility index (Phi) is 4.47. The van der Waals surface area contributed by atoms with Gasteiger partial charge < -0.3 is 9.73 Å². The van der Waals surface area contributed by atoms with Crippen LogP contribution in [0.2, 0.25) is 0 Å². The van der Waals surface area contributed by atoms with Crippen molar-refractivity contribution in [3.05, 3.63) is 83.4 Å². The molecule has 0 saturated carbocycles. The van der Waals surface area contributed by atoms with Crippen molar-refractivity contribution in [2.45, 2.75) is 20.3 Å². The molecule has 1 aromatic heterocycles. The maximum atomic E-state index is 12.4. The van der Waals surface area contributed by atoms with Crippen molar-refractivity contribution in [3.8, 4) is 11.5 Å². The zero-order valence-electron chi connectivity index (χ0n) is 15.3. The first-order valence-corrected chi connectivity index (χ1v) is 9.00. The van der Waals surface area contributed by atoms with Crippen LogP contribution >= 0.6 is 0 Å². The van der Waals surface area contributed by atoms with Gasteiger partial charge in [-0.15, -0.1) is 0 Å². The maximum Gasteiger partial charge on any atom is 0.255 e. The highest BCUT2D eigenvalue weighted by atomic mass is 16.3. The quantitative estimate of drug-likeness (QED) is 0.516. The van der Waals surface area contributed by atoms with E-state index in [2.05, 4.69) is 17.2 Å². The van der Waals surface area contributed by atoms with Crippen LogP contribution in [-0.4, -0.2) is 10.9 Å². The van der Waals surface area contributed by atoms with E-state index in [1.807, 2.05) is 73.7 Å². The van der Waals surface area contributed by atoms with E-state index in [1.165, 1.54) is 5.56 Å². The molecule has 0 spiro atoms. The molecule has 134 valence electrons. The number of oxazole rings is 1. The molecule has 4 nitrogen and oxygen atoms in total. The Hall–Kier alpha value is -3.40. The van der Waals surface area contributed by atoms with E-state index in [0.29, 0.717) is 11.5 Å². The number of nitrogens with one attached hydrogen (secondary N) is 1. The third kappa shape index (κ3) is 3.60. The van der Waals surface area contributed by atoms with E-state index in [1.54, 1.807) is 0 Å². The largest absolute Gasteiger partial charge is 0.436 e. The number of aryl methyl sites for hydroxylation is 2. The Morgan fingerprint density at radius 1 is 1.00 bits per heavy atom. The first kappa shape index (κ1) is 17.0. The summed E-state index contributed by atoms with van der Waals surface area (Å²) in [5, 5.41) is 2.92. The molecule has 0 fully saturated rings. The van der Waals surface area contributed by atoms with Crippen LogP contribution in [0.4, 0.5) is 5.69 Å². The lowest BCUT2D eigenvalue weighted by molar-refractivity contribution is 0.102. The second-order valence-electron chi connectivity index (χ2n) is 6.57. The first-order valence-electron chi connectivity index (χ1n) is 9.00. The van der Waals surface area contributed by atoms with Gasteiger partial charge in [0.25, 0.3) is 5.91 Å². The molecular weight excluding hydrogens is 336 g/mol. The lowest BCUT2D eigenvalue weighted by atomic mass is 10.1. The molecule has 4 aromatic rings. The van der Waals surface area contributed by atoms with Crippen molar-refractivity contribution in [1.29, 1.82) is 0 Å². The average molecular weight is 356 g/mol. The van der Waals surface area contributed by atoms with E-state index >= 15 is 0 Å².